The van der Waals surface area contributed by atoms with Gasteiger partial charge in [0.1, 0.15) is 5.75 Å². The third kappa shape index (κ3) is 5.51. The van der Waals surface area contributed by atoms with Crippen molar-refractivity contribution in [2.24, 2.45) is 0 Å². The highest BCUT2D eigenvalue weighted by molar-refractivity contribution is 7.99. The molecule has 9 heteroatoms. The number of carbonyl (C=O) groups is 1. The highest BCUT2D eigenvalue weighted by Gasteiger charge is 2.18. The molecule has 0 aliphatic carbocycles. The Hall–Kier alpha value is -3.72. The predicted molar refractivity (Wildman–Crippen MR) is 134 cm³/mol. The van der Waals surface area contributed by atoms with Crippen molar-refractivity contribution >= 4 is 34.3 Å². The number of carbonyl (C=O) groups excluding carboxylic acids is 1. The number of para-hydroxylation sites is 4. The first-order valence-electron chi connectivity index (χ1n) is 10.9. The molecule has 0 atom stereocenters. The molecule has 0 aliphatic rings. The van der Waals surface area contributed by atoms with Crippen molar-refractivity contribution in [2.45, 2.75) is 31.5 Å². The Bertz CT molecular complexity index is 1420. The summed E-state index contributed by atoms with van der Waals surface area (Å²) in [6.45, 7) is 1.06. The van der Waals surface area contributed by atoms with Crippen LogP contribution in [0.5, 0.6) is 5.75 Å². The summed E-state index contributed by atoms with van der Waals surface area (Å²) in [6, 6.07) is 20.6. The van der Waals surface area contributed by atoms with Gasteiger partial charge in [-0.2, -0.15) is 8.78 Å². The molecule has 0 bridgehead atoms. The van der Waals surface area contributed by atoms with Crippen LogP contribution in [0.3, 0.4) is 0 Å². The van der Waals surface area contributed by atoms with E-state index in [0.29, 0.717) is 21.7 Å². The van der Waals surface area contributed by atoms with Gasteiger partial charge in [0, 0.05) is 0 Å². The number of ether oxygens (including phenoxy) is 1. The number of thioether (sulfide) groups is 1. The Morgan fingerprint density at radius 1 is 1.03 bits per heavy atom. The molecule has 1 aromatic heterocycles. The molecule has 0 unspecified atom stereocenters. The highest BCUT2D eigenvalue weighted by atomic mass is 32.2. The van der Waals surface area contributed by atoms with E-state index in [1.54, 1.807) is 30.3 Å². The molecule has 0 spiro atoms. The van der Waals surface area contributed by atoms with Gasteiger partial charge in [0.05, 0.1) is 28.0 Å². The Labute approximate surface area is 205 Å². The topological polar surface area (TPSA) is 73.2 Å². The molecule has 0 saturated carbocycles. The molecular formula is C26H23F2N3O3S. The monoisotopic (exact) mass is 495 g/mol. The lowest BCUT2D eigenvalue weighted by molar-refractivity contribution is -0.113. The summed E-state index contributed by atoms with van der Waals surface area (Å²) in [7, 11) is 0. The number of alkyl halides is 2. The predicted octanol–water partition coefficient (Wildman–Crippen LogP) is 5.84. The zero-order chi connectivity index (χ0) is 24.9. The average Bonchev–Trinajstić information content (AvgIpc) is 2.84. The van der Waals surface area contributed by atoms with Crippen LogP contribution in [-0.2, 0) is 4.79 Å². The van der Waals surface area contributed by atoms with Crippen LogP contribution in [0.25, 0.3) is 16.6 Å². The normalized spacial score (nSPS) is 11.3. The summed E-state index contributed by atoms with van der Waals surface area (Å²) < 4.78 is 31.4. The van der Waals surface area contributed by atoms with E-state index in [0.717, 1.165) is 17.3 Å². The number of anilines is 1. The van der Waals surface area contributed by atoms with Crippen molar-refractivity contribution in [3.05, 3.63) is 88.7 Å². The van der Waals surface area contributed by atoms with Crippen molar-refractivity contribution < 1.29 is 18.3 Å². The molecule has 4 rings (SSSR count). The van der Waals surface area contributed by atoms with E-state index in [-0.39, 0.29) is 28.7 Å². The van der Waals surface area contributed by atoms with Gasteiger partial charge in [-0.3, -0.25) is 14.2 Å². The summed E-state index contributed by atoms with van der Waals surface area (Å²) in [5.74, 6) is -0.534. The van der Waals surface area contributed by atoms with E-state index in [9.17, 15) is 18.4 Å². The van der Waals surface area contributed by atoms with Gasteiger partial charge in [-0.05, 0) is 41.8 Å². The number of amides is 1. The van der Waals surface area contributed by atoms with Crippen LogP contribution in [0.2, 0.25) is 0 Å². The van der Waals surface area contributed by atoms with Crippen LogP contribution in [0.4, 0.5) is 14.5 Å². The second kappa shape index (κ2) is 10.7. The van der Waals surface area contributed by atoms with Gasteiger partial charge in [-0.15, -0.1) is 0 Å². The fourth-order valence-corrected chi connectivity index (χ4v) is 4.49. The Morgan fingerprint density at radius 3 is 2.49 bits per heavy atom. The quantitative estimate of drug-likeness (QED) is 0.246. The van der Waals surface area contributed by atoms with Crippen molar-refractivity contribution in [1.82, 2.24) is 9.55 Å². The second-order valence-corrected chi connectivity index (χ2v) is 8.92. The summed E-state index contributed by atoms with van der Waals surface area (Å²) in [6.07, 6.45) is 0. The smallest absolute Gasteiger partial charge is 0.387 e. The van der Waals surface area contributed by atoms with Gasteiger partial charge in [0.2, 0.25) is 5.91 Å². The third-order valence-corrected chi connectivity index (χ3v) is 6.19. The fourth-order valence-electron chi connectivity index (χ4n) is 3.69. The summed E-state index contributed by atoms with van der Waals surface area (Å²) in [5.41, 5.74) is 2.09. The zero-order valence-electron chi connectivity index (χ0n) is 19.1. The Morgan fingerprint density at radius 2 is 1.71 bits per heavy atom. The molecular weight excluding hydrogens is 472 g/mol. The van der Waals surface area contributed by atoms with Crippen molar-refractivity contribution in [2.75, 3.05) is 11.1 Å². The molecule has 0 radical (unpaired) electrons. The Balaban J connectivity index is 1.68. The number of aromatic nitrogens is 2. The van der Waals surface area contributed by atoms with E-state index >= 15 is 0 Å². The summed E-state index contributed by atoms with van der Waals surface area (Å²) >= 11 is 1.09. The van der Waals surface area contributed by atoms with Gasteiger partial charge in [-0.1, -0.05) is 68.1 Å². The number of benzene rings is 3. The van der Waals surface area contributed by atoms with Crippen LogP contribution in [-0.4, -0.2) is 27.8 Å². The molecule has 1 amide bonds. The maximum atomic E-state index is 13.5. The number of halogens is 2. The average molecular weight is 496 g/mol. The zero-order valence-corrected chi connectivity index (χ0v) is 19.9. The summed E-state index contributed by atoms with van der Waals surface area (Å²) in [4.78, 5) is 30.9. The molecule has 4 aromatic rings. The van der Waals surface area contributed by atoms with E-state index in [1.165, 1.54) is 22.8 Å². The van der Waals surface area contributed by atoms with Crippen LogP contribution < -0.4 is 15.6 Å². The standard InChI is InChI=1S/C26H23F2N3O3S/c1-16(2)17-9-4-7-13-21(17)31-24(33)18-10-3-5-11-19(18)30-26(31)35-15-23(32)29-20-12-6-8-14-22(20)34-25(27)28/h3-14,16,25H,15H2,1-2H3,(H,29,32). The molecule has 0 aliphatic heterocycles. The van der Waals surface area contributed by atoms with E-state index in [2.05, 4.69) is 15.0 Å². The first-order valence-corrected chi connectivity index (χ1v) is 11.9. The number of rotatable bonds is 8. The minimum atomic E-state index is -3.01. The molecule has 1 N–H and O–H groups in total. The fraction of sp³-hybridized carbons (Fsp3) is 0.192. The maximum Gasteiger partial charge on any atom is 0.387 e. The van der Waals surface area contributed by atoms with Crippen LogP contribution in [0.1, 0.15) is 25.3 Å². The minimum Gasteiger partial charge on any atom is -0.433 e. The minimum absolute atomic E-state index is 0.0996. The van der Waals surface area contributed by atoms with Gasteiger partial charge >= 0.3 is 6.61 Å². The summed E-state index contributed by atoms with van der Waals surface area (Å²) in [5, 5.41) is 3.42. The molecule has 1 heterocycles. The van der Waals surface area contributed by atoms with E-state index in [1.807, 2.05) is 38.1 Å². The lowest BCUT2D eigenvalue weighted by atomic mass is 10.0. The highest BCUT2D eigenvalue weighted by Crippen LogP contribution is 2.28. The first kappa shape index (κ1) is 24.4. The van der Waals surface area contributed by atoms with Crippen LogP contribution in [0.15, 0.2) is 82.7 Å². The molecule has 0 saturated heterocycles. The number of nitrogens with zero attached hydrogens (tertiary/aromatic N) is 2. The number of hydrogen-bond acceptors (Lipinski definition) is 5. The van der Waals surface area contributed by atoms with Gasteiger partial charge < -0.3 is 10.1 Å². The number of hydrogen-bond donors (Lipinski definition) is 1. The number of fused-ring (bicyclic) bond motifs is 1. The SMILES string of the molecule is CC(C)c1ccccc1-n1c(SCC(=O)Nc2ccccc2OC(F)F)nc2ccccc2c1=O. The van der Waals surface area contributed by atoms with E-state index in [4.69, 9.17) is 0 Å². The van der Waals surface area contributed by atoms with Gasteiger partial charge in [0.25, 0.3) is 5.56 Å². The molecule has 6 nitrogen and oxygen atoms in total. The largest absolute Gasteiger partial charge is 0.433 e. The third-order valence-electron chi connectivity index (χ3n) is 5.25. The Kier molecular flexibility index (Phi) is 7.45. The van der Waals surface area contributed by atoms with Crippen LogP contribution in [0, 0.1) is 0 Å². The lowest BCUT2D eigenvalue weighted by Crippen LogP contribution is -2.24. The molecule has 3 aromatic carbocycles. The van der Waals surface area contributed by atoms with Crippen LogP contribution >= 0.6 is 11.8 Å². The lowest BCUT2D eigenvalue weighted by Gasteiger charge is -2.18. The molecule has 0 fully saturated rings. The van der Waals surface area contributed by atoms with E-state index < -0.39 is 12.5 Å². The number of nitrogens with one attached hydrogen (secondary N) is 1. The van der Waals surface area contributed by atoms with Gasteiger partial charge in [-0.25, -0.2) is 4.98 Å². The second-order valence-electron chi connectivity index (χ2n) is 7.98. The van der Waals surface area contributed by atoms with Crippen molar-refractivity contribution in [3.63, 3.8) is 0 Å². The molecule has 180 valence electrons. The first-order chi connectivity index (χ1) is 16.8. The molecule has 35 heavy (non-hydrogen) atoms. The van der Waals surface area contributed by atoms with Gasteiger partial charge in [0.15, 0.2) is 5.16 Å². The van der Waals surface area contributed by atoms with Crippen molar-refractivity contribution in [3.8, 4) is 11.4 Å². The van der Waals surface area contributed by atoms with Crippen molar-refractivity contribution in [1.29, 1.82) is 0 Å². The maximum absolute atomic E-state index is 13.5.